The Morgan fingerprint density at radius 1 is 1.10 bits per heavy atom. The summed E-state index contributed by atoms with van der Waals surface area (Å²) in [6.07, 6.45) is 7.06. The van der Waals surface area contributed by atoms with Crippen molar-refractivity contribution in [1.82, 2.24) is 5.32 Å². The van der Waals surface area contributed by atoms with Crippen LogP contribution in [0.4, 0.5) is 14.5 Å². The number of nitrogens with one attached hydrogen (secondary N) is 1. The molecule has 3 rings (SSSR count). The van der Waals surface area contributed by atoms with E-state index < -0.39 is 11.6 Å². The van der Waals surface area contributed by atoms with E-state index in [4.69, 9.17) is 0 Å². The zero-order valence-corrected chi connectivity index (χ0v) is 12.7. The highest BCUT2D eigenvalue weighted by atomic mass is 19.1. The fraction of sp³-hybridized carbons (Fsp3) is 0.647. The summed E-state index contributed by atoms with van der Waals surface area (Å²) in [6.45, 7) is 1.26. The van der Waals surface area contributed by atoms with Gasteiger partial charge in [-0.05, 0) is 56.3 Å². The summed E-state index contributed by atoms with van der Waals surface area (Å²) in [5.74, 6) is -0.210. The molecule has 0 spiro atoms. The van der Waals surface area contributed by atoms with E-state index in [0.29, 0.717) is 24.1 Å². The Labute approximate surface area is 125 Å². The summed E-state index contributed by atoms with van der Waals surface area (Å²) < 4.78 is 28.9. The van der Waals surface area contributed by atoms with Gasteiger partial charge in [-0.2, -0.15) is 0 Å². The van der Waals surface area contributed by atoms with Gasteiger partial charge >= 0.3 is 0 Å². The second-order valence-electron chi connectivity index (χ2n) is 6.39. The van der Waals surface area contributed by atoms with Gasteiger partial charge in [0.15, 0.2) is 0 Å². The topological polar surface area (TPSA) is 15.3 Å². The molecular weight excluding hydrogens is 270 g/mol. The van der Waals surface area contributed by atoms with Crippen LogP contribution in [-0.2, 0) is 6.54 Å². The highest BCUT2D eigenvalue weighted by Crippen LogP contribution is 2.39. The van der Waals surface area contributed by atoms with E-state index >= 15 is 0 Å². The zero-order chi connectivity index (χ0) is 14.8. The summed E-state index contributed by atoms with van der Waals surface area (Å²) in [5.41, 5.74) is 0.858. The highest BCUT2D eigenvalue weighted by Gasteiger charge is 2.35. The molecule has 1 N–H and O–H groups in total. The van der Waals surface area contributed by atoms with Gasteiger partial charge in [0.25, 0.3) is 0 Å². The van der Waals surface area contributed by atoms with Crippen LogP contribution in [0.1, 0.15) is 44.1 Å². The Bertz CT molecular complexity index is 475. The lowest BCUT2D eigenvalue weighted by atomic mass is 9.95. The molecule has 1 saturated carbocycles. The number of halogens is 2. The van der Waals surface area contributed by atoms with Crippen LogP contribution in [0.5, 0.6) is 0 Å². The van der Waals surface area contributed by atoms with E-state index in [1.807, 2.05) is 4.90 Å². The van der Waals surface area contributed by atoms with Crippen molar-refractivity contribution >= 4 is 5.69 Å². The van der Waals surface area contributed by atoms with Crippen LogP contribution in [-0.4, -0.2) is 19.6 Å². The molecule has 1 aromatic rings. The molecule has 1 aliphatic carbocycles. The maximum Gasteiger partial charge on any atom is 0.149 e. The van der Waals surface area contributed by atoms with E-state index in [0.717, 1.165) is 19.4 Å². The van der Waals surface area contributed by atoms with Gasteiger partial charge in [0.05, 0.1) is 0 Å². The summed E-state index contributed by atoms with van der Waals surface area (Å²) in [4.78, 5) is 2.00. The van der Waals surface area contributed by atoms with E-state index in [1.54, 1.807) is 7.05 Å². The van der Waals surface area contributed by atoms with Gasteiger partial charge < -0.3 is 10.2 Å². The van der Waals surface area contributed by atoms with Crippen LogP contribution < -0.4 is 10.2 Å². The zero-order valence-electron chi connectivity index (χ0n) is 12.7. The summed E-state index contributed by atoms with van der Waals surface area (Å²) in [5, 5.41) is 2.93. The Morgan fingerprint density at radius 3 is 2.38 bits per heavy atom. The summed E-state index contributed by atoms with van der Waals surface area (Å²) >= 11 is 0. The van der Waals surface area contributed by atoms with E-state index in [1.165, 1.54) is 37.8 Å². The van der Waals surface area contributed by atoms with Crippen molar-refractivity contribution < 1.29 is 8.78 Å². The van der Waals surface area contributed by atoms with Crippen LogP contribution in [0, 0.1) is 17.6 Å². The molecule has 116 valence electrons. The number of hydrogen-bond acceptors (Lipinski definition) is 2. The molecule has 1 aromatic carbocycles. The lowest BCUT2D eigenvalue weighted by Gasteiger charge is -2.32. The standard InChI is InChI=1S/C17H24F2N2/c1-20-11-12-9-14(18)17(15(19)10-12)21-8-4-7-16(21)13-5-2-3-6-13/h9-10,13,16,20H,2-8,11H2,1H3. The molecule has 0 bridgehead atoms. The monoisotopic (exact) mass is 294 g/mol. The van der Waals surface area contributed by atoms with Crippen molar-refractivity contribution in [3.63, 3.8) is 0 Å². The Kier molecular flexibility index (Phi) is 4.43. The Morgan fingerprint density at radius 2 is 1.76 bits per heavy atom. The minimum absolute atomic E-state index is 0.198. The first-order valence-corrected chi connectivity index (χ1v) is 8.10. The van der Waals surface area contributed by atoms with Gasteiger partial charge in [-0.25, -0.2) is 8.78 Å². The average molecular weight is 294 g/mol. The fourth-order valence-electron chi connectivity index (χ4n) is 4.10. The third-order valence-corrected chi connectivity index (χ3v) is 4.99. The Hall–Kier alpha value is -1.16. The van der Waals surface area contributed by atoms with Crippen molar-refractivity contribution in [2.24, 2.45) is 5.92 Å². The molecule has 1 aliphatic heterocycles. The maximum atomic E-state index is 14.4. The van der Waals surface area contributed by atoms with Crippen LogP contribution >= 0.6 is 0 Å². The van der Waals surface area contributed by atoms with Crippen LogP contribution in [0.25, 0.3) is 0 Å². The van der Waals surface area contributed by atoms with Gasteiger partial charge in [-0.3, -0.25) is 0 Å². The van der Waals surface area contributed by atoms with E-state index in [2.05, 4.69) is 5.32 Å². The second-order valence-corrected chi connectivity index (χ2v) is 6.39. The number of rotatable bonds is 4. The molecule has 0 amide bonds. The number of benzene rings is 1. The molecule has 21 heavy (non-hydrogen) atoms. The lowest BCUT2D eigenvalue weighted by Crippen LogP contribution is -2.36. The first-order chi connectivity index (χ1) is 10.2. The smallest absolute Gasteiger partial charge is 0.149 e. The van der Waals surface area contributed by atoms with Gasteiger partial charge in [0.2, 0.25) is 0 Å². The van der Waals surface area contributed by atoms with Crippen molar-refractivity contribution in [3.8, 4) is 0 Å². The maximum absolute atomic E-state index is 14.4. The molecule has 0 aromatic heterocycles. The second kappa shape index (κ2) is 6.30. The first-order valence-electron chi connectivity index (χ1n) is 8.10. The lowest BCUT2D eigenvalue weighted by molar-refractivity contribution is 0.423. The minimum atomic E-state index is -0.412. The molecule has 1 unspecified atom stereocenters. The van der Waals surface area contributed by atoms with Gasteiger partial charge in [-0.15, -0.1) is 0 Å². The molecule has 1 atom stereocenters. The molecule has 1 heterocycles. The predicted octanol–water partition coefficient (Wildman–Crippen LogP) is 3.84. The molecule has 2 aliphatic rings. The van der Waals surface area contributed by atoms with Gasteiger partial charge in [0, 0.05) is 19.1 Å². The predicted molar refractivity (Wildman–Crippen MR) is 81.4 cm³/mol. The van der Waals surface area contributed by atoms with E-state index in [-0.39, 0.29) is 5.69 Å². The van der Waals surface area contributed by atoms with Gasteiger partial charge in [0.1, 0.15) is 17.3 Å². The van der Waals surface area contributed by atoms with Crippen molar-refractivity contribution in [2.45, 2.75) is 51.1 Å². The molecule has 2 nitrogen and oxygen atoms in total. The van der Waals surface area contributed by atoms with Crippen LogP contribution in [0.3, 0.4) is 0 Å². The van der Waals surface area contributed by atoms with Crippen LogP contribution in [0.15, 0.2) is 12.1 Å². The SMILES string of the molecule is CNCc1cc(F)c(N2CCCC2C2CCCC2)c(F)c1. The highest BCUT2D eigenvalue weighted by molar-refractivity contribution is 5.52. The minimum Gasteiger partial charge on any atom is -0.364 e. The quantitative estimate of drug-likeness (QED) is 0.907. The third kappa shape index (κ3) is 2.91. The van der Waals surface area contributed by atoms with Crippen LogP contribution in [0.2, 0.25) is 0 Å². The average Bonchev–Trinajstić information content (AvgIpc) is 3.08. The summed E-state index contributed by atoms with van der Waals surface area (Å²) in [6, 6.07) is 3.27. The normalized spacial score (nSPS) is 23.2. The van der Waals surface area contributed by atoms with Gasteiger partial charge in [-0.1, -0.05) is 12.8 Å². The fourth-order valence-corrected chi connectivity index (χ4v) is 4.10. The number of nitrogens with zero attached hydrogens (tertiary/aromatic N) is 1. The largest absolute Gasteiger partial charge is 0.364 e. The molecule has 2 fully saturated rings. The first kappa shape index (κ1) is 14.8. The summed E-state index contributed by atoms with van der Waals surface area (Å²) in [7, 11) is 1.78. The molecule has 1 saturated heterocycles. The number of anilines is 1. The molecule has 4 heteroatoms. The molecule has 0 radical (unpaired) electrons. The van der Waals surface area contributed by atoms with Crippen molar-refractivity contribution in [2.75, 3.05) is 18.5 Å². The third-order valence-electron chi connectivity index (χ3n) is 4.99. The van der Waals surface area contributed by atoms with E-state index in [9.17, 15) is 8.78 Å². The van der Waals surface area contributed by atoms with Crippen molar-refractivity contribution in [3.05, 3.63) is 29.3 Å². The molecular formula is C17H24F2N2. The number of hydrogen-bond donors (Lipinski definition) is 1. The van der Waals surface area contributed by atoms with Crippen molar-refractivity contribution in [1.29, 1.82) is 0 Å². The Balaban J connectivity index is 1.88.